The molecule has 1 saturated carbocycles. The molecule has 0 aromatic carbocycles. The largest absolute Gasteiger partial charge is 0.324 e. The lowest BCUT2D eigenvalue weighted by molar-refractivity contribution is 0.189. The highest BCUT2D eigenvalue weighted by Gasteiger charge is 2.33. The van der Waals surface area contributed by atoms with Crippen LogP contribution in [0.15, 0.2) is 0 Å². The molecule has 16 heavy (non-hydrogen) atoms. The maximum Gasteiger partial charge on any atom is 0.0283 e. The van der Waals surface area contributed by atoms with Crippen molar-refractivity contribution in [3.8, 4) is 0 Å². The van der Waals surface area contributed by atoms with E-state index in [4.69, 9.17) is 5.73 Å². The van der Waals surface area contributed by atoms with Crippen LogP contribution in [0, 0.1) is 11.8 Å². The van der Waals surface area contributed by atoms with Crippen LogP contribution in [0.1, 0.15) is 52.4 Å². The molecule has 1 heterocycles. The summed E-state index contributed by atoms with van der Waals surface area (Å²) in [5.74, 6) is 1.75. The van der Waals surface area contributed by atoms with Gasteiger partial charge in [-0.05, 0) is 37.6 Å². The molecule has 2 rings (SSSR count). The Morgan fingerprint density at radius 3 is 2.50 bits per heavy atom. The molecule has 2 aliphatic rings. The van der Waals surface area contributed by atoms with E-state index >= 15 is 0 Å². The van der Waals surface area contributed by atoms with E-state index < -0.39 is 0 Å². The lowest BCUT2D eigenvalue weighted by atomic mass is 9.82. The van der Waals surface area contributed by atoms with Crippen LogP contribution < -0.4 is 5.73 Å². The molecular weight excluding hydrogens is 196 g/mol. The second-order valence-electron chi connectivity index (χ2n) is 6.45. The normalized spacial score (nSPS) is 31.1. The van der Waals surface area contributed by atoms with Crippen molar-refractivity contribution in [1.82, 2.24) is 4.90 Å². The number of nitrogens with two attached hydrogens (primary N) is 1. The van der Waals surface area contributed by atoms with Gasteiger partial charge in [-0.3, -0.25) is 0 Å². The first-order valence-electron chi connectivity index (χ1n) is 7.10. The maximum absolute atomic E-state index is 6.52. The Morgan fingerprint density at radius 2 is 1.94 bits per heavy atom. The van der Waals surface area contributed by atoms with Gasteiger partial charge in [0.15, 0.2) is 0 Å². The number of hydrogen-bond acceptors (Lipinski definition) is 2. The first-order chi connectivity index (χ1) is 7.59. The Kier molecular flexibility index (Phi) is 3.91. The fourth-order valence-electron chi connectivity index (χ4n) is 3.41. The van der Waals surface area contributed by atoms with E-state index in [0.29, 0.717) is 0 Å². The first-order valence-corrected chi connectivity index (χ1v) is 7.10. The smallest absolute Gasteiger partial charge is 0.0283 e. The van der Waals surface area contributed by atoms with Crippen LogP contribution in [0.25, 0.3) is 0 Å². The van der Waals surface area contributed by atoms with Crippen molar-refractivity contribution < 1.29 is 0 Å². The van der Waals surface area contributed by atoms with E-state index in [0.717, 1.165) is 18.4 Å². The summed E-state index contributed by atoms with van der Waals surface area (Å²) >= 11 is 0. The van der Waals surface area contributed by atoms with Crippen LogP contribution in [0.4, 0.5) is 0 Å². The van der Waals surface area contributed by atoms with Gasteiger partial charge >= 0.3 is 0 Å². The van der Waals surface area contributed by atoms with Gasteiger partial charge in [0.05, 0.1) is 0 Å². The van der Waals surface area contributed by atoms with Crippen LogP contribution in [-0.4, -0.2) is 30.1 Å². The molecule has 1 aliphatic heterocycles. The third-order valence-electron chi connectivity index (χ3n) is 4.64. The Hall–Kier alpha value is -0.0800. The summed E-state index contributed by atoms with van der Waals surface area (Å²) in [6.45, 7) is 8.43. The highest BCUT2D eigenvalue weighted by molar-refractivity contribution is 4.92. The highest BCUT2D eigenvalue weighted by atomic mass is 15.2. The molecule has 1 saturated heterocycles. The Balaban J connectivity index is 1.81. The molecule has 1 aliphatic carbocycles. The predicted molar refractivity (Wildman–Crippen MR) is 69.4 cm³/mol. The van der Waals surface area contributed by atoms with E-state index in [1.807, 2.05) is 0 Å². The van der Waals surface area contributed by atoms with E-state index in [-0.39, 0.29) is 5.54 Å². The molecule has 94 valence electrons. The third-order valence-corrected chi connectivity index (χ3v) is 4.64. The fourth-order valence-corrected chi connectivity index (χ4v) is 3.41. The summed E-state index contributed by atoms with van der Waals surface area (Å²) in [4.78, 5) is 2.62. The molecule has 2 fully saturated rings. The monoisotopic (exact) mass is 224 g/mol. The molecule has 0 aromatic heterocycles. The number of likely N-dealkylation sites (tertiary alicyclic amines) is 1. The number of hydrogen-bond donors (Lipinski definition) is 1. The molecule has 2 N–H and O–H groups in total. The van der Waals surface area contributed by atoms with Crippen molar-refractivity contribution in [3.05, 3.63) is 0 Å². The lowest BCUT2D eigenvalue weighted by Gasteiger charge is -2.37. The van der Waals surface area contributed by atoms with Gasteiger partial charge in [-0.15, -0.1) is 0 Å². The molecular formula is C14H28N2. The van der Waals surface area contributed by atoms with Crippen LogP contribution in [0.3, 0.4) is 0 Å². The summed E-state index contributed by atoms with van der Waals surface area (Å²) in [6.07, 6.45) is 7.96. The van der Waals surface area contributed by atoms with E-state index in [9.17, 15) is 0 Å². The minimum absolute atomic E-state index is 0.143. The van der Waals surface area contributed by atoms with Gasteiger partial charge in [-0.1, -0.05) is 33.1 Å². The van der Waals surface area contributed by atoms with Gasteiger partial charge < -0.3 is 10.6 Å². The Morgan fingerprint density at radius 1 is 1.25 bits per heavy atom. The summed E-state index contributed by atoms with van der Waals surface area (Å²) < 4.78 is 0. The average Bonchev–Trinajstić information content (AvgIpc) is 2.66. The van der Waals surface area contributed by atoms with Gasteiger partial charge in [0.25, 0.3) is 0 Å². The van der Waals surface area contributed by atoms with Crippen molar-refractivity contribution in [2.45, 2.75) is 57.9 Å². The average molecular weight is 224 g/mol. The number of rotatable bonds is 3. The zero-order valence-electron chi connectivity index (χ0n) is 11.0. The van der Waals surface area contributed by atoms with Gasteiger partial charge in [-0.2, -0.15) is 0 Å². The van der Waals surface area contributed by atoms with E-state index in [1.54, 1.807) is 0 Å². The van der Waals surface area contributed by atoms with Gasteiger partial charge in [0.1, 0.15) is 0 Å². The minimum atomic E-state index is 0.143. The minimum Gasteiger partial charge on any atom is -0.324 e. The fraction of sp³-hybridized carbons (Fsp3) is 1.00. The lowest BCUT2D eigenvalue weighted by Crippen LogP contribution is -2.50. The Labute approximate surface area is 101 Å². The van der Waals surface area contributed by atoms with Crippen molar-refractivity contribution in [2.75, 3.05) is 19.6 Å². The van der Waals surface area contributed by atoms with Gasteiger partial charge in [0.2, 0.25) is 0 Å². The SMILES string of the molecule is CC(C)C1CCN(CC2(N)CCCCC2)C1. The summed E-state index contributed by atoms with van der Waals surface area (Å²) in [5, 5.41) is 0. The van der Waals surface area contributed by atoms with E-state index in [1.165, 1.54) is 51.6 Å². The quantitative estimate of drug-likeness (QED) is 0.798. The van der Waals surface area contributed by atoms with Gasteiger partial charge in [-0.25, -0.2) is 0 Å². The molecule has 0 radical (unpaired) electrons. The molecule has 0 bridgehead atoms. The van der Waals surface area contributed by atoms with Crippen molar-refractivity contribution in [1.29, 1.82) is 0 Å². The second-order valence-corrected chi connectivity index (χ2v) is 6.45. The van der Waals surface area contributed by atoms with Gasteiger partial charge in [0, 0.05) is 18.6 Å². The van der Waals surface area contributed by atoms with E-state index in [2.05, 4.69) is 18.7 Å². The van der Waals surface area contributed by atoms with Crippen molar-refractivity contribution in [2.24, 2.45) is 17.6 Å². The summed E-state index contributed by atoms with van der Waals surface area (Å²) in [6, 6.07) is 0. The molecule has 0 spiro atoms. The van der Waals surface area contributed by atoms with Crippen molar-refractivity contribution in [3.63, 3.8) is 0 Å². The predicted octanol–water partition coefficient (Wildman–Crippen LogP) is 2.63. The standard InChI is InChI=1S/C14H28N2/c1-12(2)13-6-9-16(10-13)11-14(15)7-4-3-5-8-14/h12-13H,3-11,15H2,1-2H3. The van der Waals surface area contributed by atoms with Crippen molar-refractivity contribution >= 4 is 0 Å². The topological polar surface area (TPSA) is 29.3 Å². The molecule has 2 heteroatoms. The highest BCUT2D eigenvalue weighted by Crippen LogP contribution is 2.30. The van der Waals surface area contributed by atoms with Crippen LogP contribution in [-0.2, 0) is 0 Å². The molecule has 0 amide bonds. The number of nitrogens with zero attached hydrogens (tertiary/aromatic N) is 1. The molecule has 2 nitrogen and oxygen atoms in total. The zero-order valence-corrected chi connectivity index (χ0v) is 11.0. The molecule has 0 aromatic rings. The van der Waals surface area contributed by atoms with Crippen LogP contribution in [0.2, 0.25) is 0 Å². The Bertz CT molecular complexity index is 219. The van der Waals surface area contributed by atoms with Crippen LogP contribution >= 0.6 is 0 Å². The van der Waals surface area contributed by atoms with Crippen LogP contribution in [0.5, 0.6) is 0 Å². The first kappa shape index (κ1) is 12.4. The molecule has 1 atom stereocenters. The summed E-state index contributed by atoms with van der Waals surface area (Å²) in [7, 11) is 0. The third kappa shape index (κ3) is 2.98. The summed E-state index contributed by atoms with van der Waals surface area (Å²) in [5.41, 5.74) is 6.66. The second kappa shape index (κ2) is 5.05. The maximum atomic E-state index is 6.52. The zero-order chi connectivity index (χ0) is 11.6. The molecule has 1 unspecified atom stereocenters.